The maximum absolute atomic E-state index is 13.6. The van der Waals surface area contributed by atoms with E-state index in [1.165, 1.54) is 10.7 Å². The largest absolute Gasteiger partial charge is 0.381 e. The van der Waals surface area contributed by atoms with Gasteiger partial charge in [0.05, 0.1) is 16.3 Å². The van der Waals surface area contributed by atoms with Crippen LogP contribution in [0.5, 0.6) is 0 Å². The molecular formula is C11H12FN5O2. The highest BCUT2D eigenvalue weighted by Crippen LogP contribution is 2.22. The van der Waals surface area contributed by atoms with E-state index in [1.807, 2.05) is 6.92 Å². The van der Waals surface area contributed by atoms with Crippen LogP contribution in [0.3, 0.4) is 0 Å². The Kier molecular flexibility index (Phi) is 3.41. The molecule has 0 bridgehead atoms. The molecule has 0 unspecified atom stereocenters. The predicted octanol–water partition coefficient (Wildman–Crippen LogP) is 1.85. The average Bonchev–Trinajstić information content (AvgIpc) is 2.71. The predicted molar refractivity (Wildman–Crippen MR) is 66.4 cm³/mol. The minimum absolute atomic E-state index is 0.278. The summed E-state index contributed by atoms with van der Waals surface area (Å²) in [5.74, 6) is -0.639. The van der Waals surface area contributed by atoms with E-state index in [0.29, 0.717) is 17.8 Å². The molecule has 19 heavy (non-hydrogen) atoms. The van der Waals surface area contributed by atoms with Crippen LogP contribution in [-0.4, -0.2) is 19.9 Å². The summed E-state index contributed by atoms with van der Waals surface area (Å²) in [6.07, 6.45) is 1.46. The fourth-order valence-electron chi connectivity index (χ4n) is 1.77. The van der Waals surface area contributed by atoms with E-state index in [2.05, 4.69) is 10.3 Å². The highest BCUT2D eigenvalue weighted by Gasteiger charge is 2.17. The second kappa shape index (κ2) is 5.01. The third kappa shape index (κ3) is 2.37. The maximum atomic E-state index is 13.6. The number of anilines is 1. The number of nitrogens with two attached hydrogens (primary N) is 1. The van der Waals surface area contributed by atoms with Crippen LogP contribution in [0.15, 0.2) is 18.2 Å². The molecule has 2 aromatic rings. The lowest BCUT2D eigenvalue weighted by Crippen LogP contribution is -2.05. The Hall–Kier alpha value is -2.51. The number of rotatable bonds is 4. The highest BCUT2D eigenvalue weighted by molar-refractivity contribution is 5.45. The Morgan fingerprint density at radius 2 is 2.26 bits per heavy atom. The van der Waals surface area contributed by atoms with Crippen molar-refractivity contribution >= 4 is 11.5 Å². The monoisotopic (exact) mass is 265 g/mol. The molecule has 0 aliphatic heterocycles. The Labute approximate surface area is 108 Å². The molecule has 0 amide bonds. The van der Waals surface area contributed by atoms with E-state index in [1.54, 1.807) is 0 Å². The first-order valence-electron chi connectivity index (χ1n) is 5.69. The zero-order valence-electron chi connectivity index (χ0n) is 10.2. The number of halogens is 1. The van der Waals surface area contributed by atoms with Crippen molar-refractivity contribution in [3.63, 3.8) is 0 Å². The van der Waals surface area contributed by atoms with Crippen LogP contribution in [0.1, 0.15) is 19.0 Å². The van der Waals surface area contributed by atoms with Crippen molar-refractivity contribution in [1.82, 2.24) is 15.0 Å². The van der Waals surface area contributed by atoms with Gasteiger partial charge in [-0.15, -0.1) is 5.10 Å². The SMILES string of the molecule is CCCc1c(N)nnn1-c1ccc([N+](=O)[O-])c(F)c1. The summed E-state index contributed by atoms with van der Waals surface area (Å²) in [6.45, 7) is 1.97. The van der Waals surface area contributed by atoms with E-state index in [9.17, 15) is 14.5 Å². The molecule has 0 fully saturated rings. The minimum atomic E-state index is -0.918. The summed E-state index contributed by atoms with van der Waals surface area (Å²) in [5, 5.41) is 18.1. The molecular weight excluding hydrogens is 253 g/mol. The molecule has 0 saturated carbocycles. The van der Waals surface area contributed by atoms with Crippen molar-refractivity contribution in [2.45, 2.75) is 19.8 Å². The maximum Gasteiger partial charge on any atom is 0.304 e. The van der Waals surface area contributed by atoms with Gasteiger partial charge >= 0.3 is 5.69 Å². The molecule has 8 heteroatoms. The quantitative estimate of drug-likeness (QED) is 0.671. The van der Waals surface area contributed by atoms with Gasteiger partial charge < -0.3 is 5.73 Å². The smallest absolute Gasteiger partial charge is 0.304 e. The summed E-state index contributed by atoms with van der Waals surface area (Å²) in [4.78, 5) is 9.78. The van der Waals surface area contributed by atoms with Gasteiger partial charge in [-0.2, -0.15) is 4.39 Å². The lowest BCUT2D eigenvalue weighted by atomic mass is 10.2. The van der Waals surface area contributed by atoms with Gasteiger partial charge in [0.2, 0.25) is 5.82 Å². The third-order valence-electron chi connectivity index (χ3n) is 2.65. The van der Waals surface area contributed by atoms with Crippen molar-refractivity contribution in [2.24, 2.45) is 0 Å². The Morgan fingerprint density at radius 3 is 2.84 bits per heavy atom. The van der Waals surface area contributed by atoms with Crippen LogP contribution < -0.4 is 5.73 Å². The van der Waals surface area contributed by atoms with Crippen molar-refractivity contribution in [3.05, 3.63) is 39.8 Å². The lowest BCUT2D eigenvalue weighted by molar-refractivity contribution is -0.387. The number of nitro groups is 1. The molecule has 0 saturated heterocycles. The first kappa shape index (κ1) is 12.9. The van der Waals surface area contributed by atoms with Crippen LogP contribution >= 0.6 is 0 Å². The first-order valence-corrected chi connectivity index (χ1v) is 5.69. The summed E-state index contributed by atoms with van der Waals surface area (Å²) >= 11 is 0. The number of hydrogen-bond donors (Lipinski definition) is 1. The molecule has 1 aromatic heterocycles. The van der Waals surface area contributed by atoms with Gasteiger partial charge in [0, 0.05) is 12.1 Å². The number of nitro benzene ring substituents is 1. The van der Waals surface area contributed by atoms with E-state index in [4.69, 9.17) is 5.73 Å². The summed E-state index contributed by atoms with van der Waals surface area (Å²) < 4.78 is 15.0. The van der Waals surface area contributed by atoms with Crippen LogP contribution in [-0.2, 0) is 6.42 Å². The highest BCUT2D eigenvalue weighted by atomic mass is 19.1. The zero-order chi connectivity index (χ0) is 14.0. The molecule has 0 radical (unpaired) electrons. The second-order valence-corrected chi connectivity index (χ2v) is 3.98. The van der Waals surface area contributed by atoms with Crippen molar-refractivity contribution in [3.8, 4) is 5.69 Å². The molecule has 1 aromatic carbocycles. The molecule has 100 valence electrons. The third-order valence-corrected chi connectivity index (χ3v) is 2.65. The van der Waals surface area contributed by atoms with Crippen LogP contribution in [0.4, 0.5) is 15.9 Å². The van der Waals surface area contributed by atoms with E-state index in [-0.39, 0.29) is 5.82 Å². The standard InChI is InChI=1S/C11H12FN5O2/c1-2-3-10-11(13)14-15-16(10)7-4-5-9(17(18)19)8(12)6-7/h4-6H,2-3,13H2,1H3. The van der Waals surface area contributed by atoms with Crippen LogP contribution in [0, 0.1) is 15.9 Å². The van der Waals surface area contributed by atoms with Crippen molar-refractivity contribution in [1.29, 1.82) is 0 Å². The molecule has 0 spiro atoms. The molecule has 0 atom stereocenters. The summed E-state index contributed by atoms with van der Waals surface area (Å²) in [5.41, 5.74) is 6.13. The fraction of sp³-hybridized carbons (Fsp3) is 0.273. The number of hydrogen-bond acceptors (Lipinski definition) is 5. The molecule has 0 aliphatic rings. The van der Waals surface area contributed by atoms with E-state index >= 15 is 0 Å². The van der Waals surface area contributed by atoms with Gasteiger partial charge in [0.25, 0.3) is 0 Å². The number of aromatic nitrogens is 3. The molecule has 0 aliphatic carbocycles. The van der Waals surface area contributed by atoms with Gasteiger partial charge in [-0.25, -0.2) is 4.68 Å². The van der Waals surface area contributed by atoms with Gasteiger partial charge in [0.15, 0.2) is 5.82 Å². The number of benzene rings is 1. The molecule has 2 rings (SSSR count). The summed E-state index contributed by atoms with van der Waals surface area (Å²) in [6, 6.07) is 3.55. The molecule has 1 heterocycles. The average molecular weight is 265 g/mol. The minimum Gasteiger partial charge on any atom is -0.381 e. The first-order chi connectivity index (χ1) is 9.04. The van der Waals surface area contributed by atoms with Crippen molar-refractivity contribution < 1.29 is 9.31 Å². The molecule has 2 N–H and O–H groups in total. The van der Waals surface area contributed by atoms with Gasteiger partial charge in [-0.05, 0) is 12.5 Å². The van der Waals surface area contributed by atoms with Gasteiger partial charge in [0.1, 0.15) is 0 Å². The van der Waals surface area contributed by atoms with Crippen molar-refractivity contribution in [2.75, 3.05) is 5.73 Å². The zero-order valence-corrected chi connectivity index (χ0v) is 10.2. The summed E-state index contributed by atoms with van der Waals surface area (Å²) in [7, 11) is 0. The molecule has 7 nitrogen and oxygen atoms in total. The normalized spacial score (nSPS) is 10.6. The van der Waals surface area contributed by atoms with Gasteiger partial charge in [-0.3, -0.25) is 10.1 Å². The van der Waals surface area contributed by atoms with Gasteiger partial charge in [-0.1, -0.05) is 18.6 Å². The fourth-order valence-corrected chi connectivity index (χ4v) is 1.77. The second-order valence-electron chi connectivity index (χ2n) is 3.98. The van der Waals surface area contributed by atoms with E-state index in [0.717, 1.165) is 18.6 Å². The Balaban J connectivity index is 2.48. The lowest BCUT2D eigenvalue weighted by Gasteiger charge is -2.06. The number of nitrogen functional groups attached to an aromatic ring is 1. The van der Waals surface area contributed by atoms with Crippen LogP contribution in [0.25, 0.3) is 5.69 Å². The Bertz CT molecular complexity index is 626. The topological polar surface area (TPSA) is 99.9 Å². The van der Waals surface area contributed by atoms with Crippen LogP contribution in [0.2, 0.25) is 0 Å². The Morgan fingerprint density at radius 1 is 1.53 bits per heavy atom. The number of nitrogens with zero attached hydrogens (tertiary/aromatic N) is 4. The van der Waals surface area contributed by atoms with E-state index < -0.39 is 16.4 Å².